The van der Waals surface area contributed by atoms with Crippen molar-refractivity contribution in [3.05, 3.63) is 70.3 Å². The Hall–Kier alpha value is -2.90. The molecule has 4 heteroatoms. The van der Waals surface area contributed by atoms with Crippen molar-refractivity contribution >= 4 is 11.8 Å². The number of carbonyl (C=O) groups is 2. The van der Waals surface area contributed by atoms with E-state index in [1.54, 1.807) is 26.0 Å². The van der Waals surface area contributed by atoms with Gasteiger partial charge in [0.05, 0.1) is 5.57 Å². The molecular weight excluding hydrogens is 364 g/mol. The van der Waals surface area contributed by atoms with Crippen LogP contribution in [0.15, 0.2) is 59.2 Å². The van der Waals surface area contributed by atoms with Gasteiger partial charge in [0.25, 0.3) is 0 Å². The predicted octanol–water partition coefficient (Wildman–Crippen LogP) is 4.23. The predicted molar refractivity (Wildman–Crippen MR) is 114 cm³/mol. The zero-order valence-electron chi connectivity index (χ0n) is 17.7. The molecule has 29 heavy (non-hydrogen) atoms. The fourth-order valence-electron chi connectivity index (χ4n) is 3.50. The van der Waals surface area contributed by atoms with Crippen LogP contribution >= 0.6 is 0 Å². The van der Waals surface area contributed by atoms with Gasteiger partial charge in [0.1, 0.15) is 5.60 Å². The second-order valence-corrected chi connectivity index (χ2v) is 8.11. The number of ketones is 1. The number of hydrogen-bond acceptors (Lipinski definition) is 3. The Bertz CT molecular complexity index is 962. The minimum atomic E-state index is -1.41. The van der Waals surface area contributed by atoms with E-state index in [-0.39, 0.29) is 12.2 Å². The standard InChI is InChI=1S/C25H28O4/c1-6-19-7-9-20(10-8-19)11-12-21-18(3)25(29,24(4,5)16-22(21)26)14-13-17(2)15-23(27)28/h7-10,13-15,29H,6,16H2,1-5H3,(H,27,28)/b14-13+,17-15-/t25-/m1/s1. The van der Waals surface area contributed by atoms with Crippen LogP contribution in [0.1, 0.15) is 52.2 Å². The summed E-state index contributed by atoms with van der Waals surface area (Å²) in [4.78, 5) is 23.6. The molecule has 0 bridgehead atoms. The normalized spacial score (nSPS) is 21.9. The van der Waals surface area contributed by atoms with Crippen LogP contribution in [0, 0.1) is 17.3 Å². The SMILES string of the molecule is CCc1ccc(C#CC2=C(C)[C@](O)(/C=C/C(C)=C\C(=O)O)C(C)(C)CC2=O)cc1. The maximum absolute atomic E-state index is 12.7. The van der Waals surface area contributed by atoms with Gasteiger partial charge in [-0.1, -0.05) is 50.8 Å². The number of benzene rings is 1. The number of carboxylic acids is 1. The van der Waals surface area contributed by atoms with Gasteiger partial charge in [0, 0.05) is 23.5 Å². The Labute approximate surface area is 172 Å². The lowest BCUT2D eigenvalue weighted by atomic mass is 9.62. The van der Waals surface area contributed by atoms with Crippen LogP contribution in [0.2, 0.25) is 0 Å². The lowest BCUT2D eigenvalue weighted by Crippen LogP contribution is -2.49. The Morgan fingerprint density at radius 2 is 1.83 bits per heavy atom. The van der Waals surface area contributed by atoms with E-state index in [0.717, 1.165) is 18.1 Å². The second-order valence-electron chi connectivity index (χ2n) is 8.11. The fraction of sp³-hybridized carbons (Fsp3) is 0.360. The molecule has 4 nitrogen and oxygen atoms in total. The van der Waals surface area contributed by atoms with Gasteiger partial charge in [0.2, 0.25) is 0 Å². The first-order valence-electron chi connectivity index (χ1n) is 9.68. The van der Waals surface area contributed by atoms with Gasteiger partial charge in [-0.15, -0.1) is 0 Å². The van der Waals surface area contributed by atoms with E-state index in [1.807, 2.05) is 38.1 Å². The molecule has 0 radical (unpaired) electrons. The summed E-state index contributed by atoms with van der Waals surface area (Å²) in [5, 5.41) is 20.3. The Kier molecular flexibility index (Phi) is 6.66. The number of allylic oxidation sites excluding steroid dienone is 3. The van der Waals surface area contributed by atoms with Crippen molar-refractivity contribution in [3.8, 4) is 11.8 Å². The number of carboxylic acid groups (broad SMARTS) is 1. The van der Waals surface area contributed by atoms with E-state index in [0.29, 0.717) is 16.7 Å². The molecule has 1 atom stereocenters. The van der Waals surface area contributed by atoms with E-state index in [4.69, 9.17) is 5.11 Å². The largest absolute Gasteiger partial charge is 0.478 e. The number of aliphatic hydroxyl groups is 1. The molecule has 1 aliphatic rings. The van der Waals surface area contributed by atoms with E-state index in [1.165, 1.54) is 5.56 Å². The maximum atomic E-state index is 12.7. The highest BCUT2D eigenvalue weighted by Gasteiger charge is 2.49. The molecule has 0 fully saturated rings. The van der Waals surface area contributed by atoms with Gasteiger partial charge in [-0.05, 0) is 55.2 Å². The van der Waals surface area contributed by atoms with Gasteiger partial charge in [0.15, 0.2) is 5.78 Å². The highest BCUT2D eigenvalue weighted by atomic mass is 16.4. The number of carbonyl (C=O) groups excluding carboxylic acids is 1. The molecule has 0 aromatic heterocycles. The van der Waals surface area contributed by atoms with Crippen LogP contribution in [0.5, 0.6) is 0 Å². The van der Waals surface area contributed by atoms with Crippen molar-refractivity contribution in [2.45, 2.75) is 53.1 Å². The molecule has 1 aromatic rings. The first-order valence-corrected chi connectivity index (χ1v) is 9.68. The lowest BCUT2D eigenvalue weighted by molar-refractivity contribution is -0.131. The van der Waals surface area contributed by atoms with Crippen LogP contribution in [0.25, 0.3) is 0 Å². The molecule has 0 amide bonds. The summed E-state index contributed by atoms with van der Waals surface area (Å²) in [5.41, 5.74) is 1.15. The van der Waals surface area contributed by atoms with E-state index >= 15 is 0 Å². The number of aryl methyl sites for hydroxylation is 1. The van der Waals surface area contributed by atoms with Crippen molar-refractivity contribution in [2.24, 2.45) is 5.41 Å². The molecular formula is C25H28O4. The van der Waals surface area contributed by atoms with Crippen LogP contribution < -0.4 is 0 Å². The van der Waals surface area contributed by atoms with Crippen molar-refractivity contribution in [1.29, 1.82) is 0 Å². The second kappa shape index (κ2) is 8.63. The van der Waals surface area contributed by atoms with E-state index in [2.05, 4.69) is 18.8 Å². The van der Waals surface area contributed by atoms with Crippen molar-refractivity contribution in [3.63, 3.8) is 0 Å². The average molecular weight is 392 g/mol. The zero-order chi connectivity index (χ0) is 21.8. The third kappa shape index (κ3) is 4.93. The van der Waals surface area contributed by atoms with Crippen molar-refractivity contribution in [2.75, 3.05) is 0 Å². The summed E-state index contributed by atoms with van der Waals surface area (Å²) in [6.07, 6.45) is 5.30. The number of hydrogen-bond donors (Lipinski definition) is 2. The Morgan fingerprint density at radius 1 is 1.21 bits per heavy atom. The average Bonchev–Trinajstić information content (AvgIpc) is 2.64. The van der Waals surface area contributed by atoms with Crippen LogP contribution in [-0.4, -0.2) is 27.6 Å². The zero-order valence-corrected chi connectivity index (χ0v) is 17.7. The Morgan fingerprint density at radius 3 is 2.38 bits per heavy atom. The molecule has 0 saturated carbocycles. The summed E-state index contributed by atoms with van der Waals surface area (Å²) < 4.78 is 0. The lowest BCUT2D eigenvalue weighted by Gasteiger charge is -2.45. The molecule has 0 heterocycles. The third-order valence-electron chi connectivity index (χ3n) is 5.49. The summed E-state index contributed by atoms with van der Waals surface area (Å²) >= 11 is 0. The fourth-order valence-corrected chi connectivity index (χ4v) is 3.50. The number of aliphatic carboxylic acids is 1. The molecule has 2 rings (SSSR count). The maximum Gasteiger partial charge on any atom is 0.328 e. The summed E-state index contributed by atoms with van der Waals surface area (Å²) in [7, 11) is 0. The summed E-state index contributed by atoms with van der Waals surface area (Å²) in [6, 6.07) is 7.86. The molecule has 0 aliphatic heterocycles. The molecule has 0 unspecified atom stereocenters. The number of rotatable bonds is 4. The van der Waals surface area contributed by atoms with Gasteiger partial charge >= 0.3 is 5.97 Å². The summed E-state index contributed by atoms with van der Waals surface area (Å²) in [6.45, 7) is 9.09. The van der Waals surface area contributed by atoms with E-state index in [9.17, 15) is 14.7 Å². The molecule has 152 valence electrons. The first kappa shape index (κ1) is 22.4. The third-order valence-corrected chi connectivity index (χ3v) is 5.49. The monoisotopic (exact) mass is 392 g/mol. The molecule has 1 aliphatic carbocycles. The van der Waals surface area contributed by atoms with Gasteiger partial charge in [-0.2, -0.15) is 0 Å². The van der Waals surface area contributed by atoms with Gasteiger partial charge in [-0.25, -0.2) is 4.79 Å². The molecule has 0 saturated heterocycles. The quantitative estimate of drug-likeness (QED) is 0.457. The highest BCUT2D eigenvalue weighted by molar-refractivity contribution is 6.02. The van der Waals surface area contributed by atoms with Crippen LogP contribution in [-0.2, 0) is 16.0 Å². The van der Waals surface area contributed by atoms with Crippen LogP contribution in [0.4, 0.5) is 0 Å². The summed E-state index contributed by atoms with van der Waals surface area (Å²) in [5.74, 6) is 4.85. The number of Topliss-reactive ketones (excluding diaryl/α,β-unsaturated/α-hetero) is 1. The topological polar surface area (TPSA) is 74.6 Å². The highest BCUT2D eigenvalue weighted by Crippen LogP contribution is 2.46. The molecule has 1 aromatic carbocycles. The van der Waals surface area contributed by atoms with Crippen LogP contribution in [0.3, 0.4) is 0 Å². The van der Waals surface area contributed by atoms with Gasteiger partial charge < -0.3 is 10.2 Å². The molecule has 2 N–H and O–H groups in total. The van der Waals surface area contributed by atoms with Gasteiger partial charge in [-0.3, -0.25) is 4.79 Å². The Balaban J connectivity index is 2.49. The van der Waals surface area contributed by atoms with Crippen molar-refractivity contribution < 1.29 is 19.8 Å². The van der Waals surface area contributed by atoms with E-state index < -0.39 is 17.0 Å². The smallest absolute Gasteiger partial charge is 0.328 e. The minimum absolute atomic E-state index is 0.0962. The minimum Gasteiger partial charge on any atom is -0.478 e. The first-order chi connectivity index (χ1) is 13.5. The van der Waals surface area contributed by atoms with Crippen molar-refractivity contribution in [1.82, 2.24) is 0 Å². The molecule has 0 spiro atoms.